The molecule has 2 aliphatic rings. The number of carbonyl (C=O) groups excluding carboxylic acids is 1. The van der Waals surface area contributed by atoms with Gasteiger partial charge >= 0.3 is 0 Å². The molecule has 3 rings (SSSR count). The Balaban J connectivity index is 1.60. The van der Waals surface area contributed by atoms with Crippen molar-refractivity contribution in [1.82, 2.24) is 9.80 Å². The fourth-order valence-corrected chi connectivity index (χ4v) is 2.94. The van der Waals surface area contributed by atoms with E-state index in [-0.39, 0.29) is 0 Å². The summed E-state index contributed by atoms with van der Waals surface area (Å²) in [5.41, 5.74) is 2.96. The van der Waals surface area contributed by atoms with Crippen LogP contribution in [0.4, 0.5) is 0 Å². The number of carbonyl (C=O) groups is 1. The molecule has 3 nitrogen and oxygen atoms in total. The van der Waals surface area contributed by atoms with Gasteiger partial charge in [0.2, 0.25) is 5.91 Å². The molecule has 0 unspecified atom stereocenters. The molecular formula is C15H20N2O. The second-order valence-electron chi connectivity index (χ2n) is 5.30. The second-order valence-corrected chi connectivity index (χ2v) is 5.30. The third kappa shape index (κ3) is 2.03. The first-order chi connectivity index (χ1) is 8.78. The van der Waals surface area contributed by atoms with Gasteiger partial charge in [-0.3, -0.25) is 9.69 Å². The zero-order chi connectivity index (χ0) is 12.5. The van der Waals surface area contributed by atoms with Crippen molar-refractivity contribution in [3.8, 4) is 0 Å². The Morgan fingerprint density at radius 2 is 2.00 bits per heavy atom. The van der Waals surface area contributed by atoms with Crippen molar-refractivity contribution in [2.45, 2.75) is 32.4 Å². The lowest BCUT2D eigenvalue weighted by atomic mass is 9.96. The molecule has 0 aromatic heterocycles. The highest BCUT2D eigenvalue weighted by Crippen LogP contribution is 2.24. The third-order valence-electron chi connectivity index (χ3n) is 4.19. The van der Waals surface area contributed by atoms with E-state index in [1.165, 1.54) is 11.1 Å². The minimum Gasteiger partial charge on any atom is -0.339 e. The first-order valence-electron chi connectivity index (χ1n) is 6.86. The van der Waals surface area contributed by atoms with E-state index in [2.05, 4.69) is 29.2 Å². The Labute approximate surface area is 108 Å². The van der Waals surface area contributed by atoms with Crippen LogP contribution in [0.5, 0.6) is 0 Å². The fourth-order valence-electron chi connectivity index (χ4n) is 2.94. The van der Waals surface area contributed by atoms with Gasteiger partial charge in [0.25, 0.3) is 0 Å². The molecule has 0 radical (unpaired) electrons. The molecule has 1 saturated heterocycles. The van der Waals surface area contributed by atoms with E-state index in [0.717, 1.165) is 32.6 Å². The first-order valence-corrected chi connectivity index (χ1v) is 6.86. The van der Waals surface area contributed by atoms with E-state index in [9.17, 15) is 4.79 Å². The Hall–Kier alpha value is -1.35. The van der Waals surface area contributed by atoms with Crippen LogP contribution in [0.15, 0.2) is 24.3 Å². The summed E-state index contributed by atoms with van der Waals surface area (Å²) in [6.45, 7) is 5.97. The topological polar surface area (TPSA) is 23.6 Å². The van der Waals surface area contributed by atoms with Gasteiger partial charge in [0, 0.05) is 38.6 Å². The molecule has 96 valence electrons. The highest BCUT2D eigenvalue weighted by Gasteiger charge is 2.35. The van der Waals surface area contributed by atoms with Crippen LogP contribution in [-0.4, -0.2) is 41.4 Å². The zero-order valence-electron chi connectivity index (χ0n) is 10.9. The number of hydrogen-bond donors (Lipinski definition) is 0. The summed E-state index contributed by atoms with van der Waals surface area (Å²) in [6, 6.07) is 9.29. The molecule has 2 aliphatic heterocycles. The Kier molecular flexibility index (Phi) is 3.08. The van der Waals surface area contributed by atoms with Gasteiger partial charge in [-0.25, -0.2) is 0 Å². The lowest BCUT2D eigenvalue weighted by molar-refractivity contribution is -0.138. The van der Waals surface area contributed by atoms with Crippen LogP contribution >= 0.6 is 0 Å². The zero-order valence-corrected chi connectivity index (χ0v) is 10.9. The summed E-state index contributed by atoms with van der Waals surface area (Å²) >= 11 is 0. The Bertz CT molecular complexity index is 452. The number of fused-ring (bicyclic) bond motifs is 1. The molecule has 1 aromatic rings. The lowest BCUT2D eigenvalue weighted by Crippen LogP contribution is -2.61. The van der Waals surface area contributed by atoms with Gasteiger partial charge in [-0.15, -0.1) is 0 Å². The first kappa shape index (κ1) is 11.7. The van der Waals surface area contributed by atoms with Crippen molar-refractivity contribution in [3.05, 3.63) is 35.4 Å². The van der Waals surface area contributed by atoms with Crippen LogP contribution < -0.4 is 0 Å². The molecule has 0 saturated carbocycles. The molecule has 0 N–H and O–H groups in total. The van der Waals surface area contributed by atoms with Gasteiger partial charge in [-0.05, 0) is 17.5 Å². The molecule has 1 aromatic carbocycles. The average molecular weight is 244 g/mol. The van der Waals surface area contributed by atoms with Gasteiger partial charge in [0.05, 0.1) is 0 Å². The molecule has 0 aliphatic carbocycles. The molecule has 1 amide bonds. The largest absolute Gasteiger partial charge is 0.339 e. The van der Waals surface area contributed by atoms with Gasteiger partial charge in [-0.2, -0.15) is 0 Å². The highest BCUT2D eigenvalue weighted by molar-refractivity contribution is 5.76. The summed E-state index contributed by atoms with van der Waals surface area (Å²) in [6.07, 6.45) is 1.78. The maximum atomic E-state index is 11.5. The third-order valence-corrected chi connectivity index (χ3v) is 4.19. The van der Waals surface area contributed by atoms with Crippen LogP contribution in [0.3, 0.4) is 0 Å². The van der Waals surface area contributed by atoms with Crippen LogP contribution in [0.1, 0.15) is 24.5 Å². The number of rotatable bonds is 2. The fraction of sp³-hybridized carbons (Fsp3) is 0.533. The summed E-state index contributed by atoms with van der Waals surface area (Å²) in [7, 11) is 0. The van der Waals surface area contributed by atoms with E-state index in [1.807, 2.05) is 11.8 Å². The van der Waals surface area contributed by atoms with E-state index >= 15 is 0 Å². The maximum absolute atomic E-state index is 11.5. The van der Waals surface area contributed by atoms with E-state index in [4.69, 9.17) is 0 Å². The number of amides is 1. The normalized spacial score (nSPS) is 20.4. The molecule has 18 heavy (non-hydrogen) atoms. The quantitative estimate of drug-likeness (QED) is 0.790. The highest BCUT2D eigenvalue weighted by atomic mass is 16.2. The van der Waals surface area contributed by atoms with Crippen LogP contribution in [-0.2, 0) is 17.8 Å². The molecule has 2 heterocycles. The molecule has 0 spiro atoms. The molecular weight excluding hydrogens is 224 g/mol. The van der Waals surface area contributed by atoms with Gasteiger partial charge in [0.1, 0.15) is 0 Å². The van der Waals surface area contributed by atoms with Crippen LogP contribution in [0.2, 0.25) is 0 Å². The monoisotopic (exact) mass is 244 g/mol. The minimum atomic E-state index is 0.295. The van der Waals surface area contributed by atoms with E-state index in [1.54, 1.807) is 0 Å². The summed E-state index contributed by atoms with van der Waals surface area (Å²) < 4.78 is 0. The van der Waals surface area contributed by atoms with Crippen molar-refractivity contribution in [3.63, 3.8) is 0 Å². The van der Waals surface area contributed by atoms with Crippen LogP contribution in [0.25, 0.3) is 0 Å². The summed E-state index contributed by atoms with van der Waals surface area (Å²) in [5.74, 6) is 0.295. The van der Waals surface area contributed by atoms with Crippen molar-refractivity contribution in [1.29, 1.82) is 0 Å². The van der Waals surface area contributed by atoms with Crippen molar-refractivity contribution < 1.29 is 4.79 Å². The standard InChI is InChI=1S/C15H20N2O/c1-2-15(18)17-10-14(11-17)16-8-7-12-5-3-4-6-13(12)9-16/h3-6,14H,2,7-11H2,1H3. The van der Waals surface area contributed by atoms with Crippen molar-refractivity contribution in [2.24, 2.45) is 0 Å². The van der Waals surface area contributed by atoms with Crippen molar-refractivity contribution >= 4 is 5.91 Å². The average Bonchev–Trinajstić information content (AvgIpc) is 2.36. The van der Waals surface area contributed by atoms with E-state index in [0.29, 0.717) is 18.4 Å². The van der Waals surface area contributed by atoms with Crippen LogP contribution in [0, 0.1) is 0 Å². The summed E-state index contributed by atoms with van der Waals surface area (Å²) in [5, 5.41) is 0. The number of benzene rings is 1. The SMILES string of the molecule is CCC(=O)N1CC(N2CCc3ccccc3C2)C1. The Morgan fingerprint density at radius 3 is 2.72 bits per heavy atom. The predicted octanol–water partition coefficient (Wildman–Crippen LogP) is 1.67. The maximum Gasteiger partial charge on any atom is 0.222 e. The van der Waals surface area contributed by atoms with Gasteiger partial charge in [0.15, 0.2) is 0 Å². The molecule has 3 heteroatoms. The number of nitrogens with zero attached hydrogens (tertiary/aromatic N) is 2. The lowest BCUT2D eigenvalue weighted by Gasteiger charge is -2.47. The van der Waals surface area contributed by atoms with Gasteiger partial charge < -0.3 is 4.90 Å². The van der Waals surface area contributed by atoms with Gasteiger partial charge in [-0.1, -0.05) is 31.2 Å². The molecule has 0 atom stereocenters. The minimum absolute atomic E-state index is 0.295. The molecule has 0 bridgehead atoms. The number of likely N-dealkylation sites (tertiary alicyclic amines) is 1. The molecule has 1 fully saturated rings. The van der Waals surface area contributed by atoms with E-state index < -0.39 is 0 Å². The predicted molar refractivity (Wildman–Crippen MR) is 71.2 cm³/mol. The van der Waals surface area contributed by atoms with Crippen molar-refractivity contribution in [2.75, 3.05) is 19.6 Å². The Morgan fingerprint density at radius 1 is 1.28 bits per heavy atom. The number of hydrogen-bond acceptors (Lipinski definition) is 2. The smallest absolute Gasteiger partial charge is 0.222 e. The second kappa shape index (κ2) is 4.73. The summed E-state index contributed by atoms with van der Waals surface area (Å²) in [4.78, 5) is 16.0.